The minimum atomic E-state index is 0.264. The zero-order chi connectivity index (χ0) is 13.0. The van der Waals surface area contributed by atoms with E-state index in [1.807, 2.05) is 11.3 Å². The molecule has 0 aliphatic carbocycles. The Morgan fingerprint density at radius 1 is 1.50 bits per heavy atom. The maximum Gasteiger partial charge on any atom is 0.0252 e. The maximum absolute atomic E-state index is 3.68. The highest BCUT2D eigenvalue weighted by atomic mass is 32.1. The number of piperazine rings is 1. The highest BCUT2D eigenvalue weighted by Gasteiger charge is 2.31. The van der Waals surface area contributed by atoms with Crippen molar-refractivity contribution in [2.75, 3.05) is 19.6 Å². The second-order valence-corrected chi connectivity index (χ2v) is 7.04. The van der Waals surface area contributed by atoms with Crippen molar-refractivity contribution in [1.82, 2.24) is 10.2 Å². The first-order valence-electron chi connectivity index (χ1n) is 7.12. The molecule has 1 N–H and O–H groups in total. The summed E-state index contributed by atoms with van der Waals surface area (Å²) in [7, 11) is 0. The van der Waals surface area contributed by atoms with Crippen LogP contribution in [0.4, 0.5) is 0 Å². The van der Waals surface area contributed by atoms with Crippen molar-refractivity contribution in [3.05, 3.63) is 22.4 Å². The highest BCUT2D eigenvalue weighted by molar-refractivity contribution is 7.09. The lowest BCUT2D eigenvalue weighted by Crippen LogP contribution is -2.61. The van der Waals surface area contributed by atoms with Gasteiger partial charge in [-0.25, -0.2) is 0 Å². The number of thiophene rings is 1. The third-order valence-electron chi connectivity index (χ3n) is 3.78. The van der Waals surface area contributed by atoms with Gasteiger partial charge in [-0.1, -0.05) is 19.4 Å². The minimum Gasteiger partial charge on any atom is -0.309 e. The Morgan fingerprint density at radius 2 is 2.33 bits per heavy atom. The van der Waals surface area contributed by atoms with E-state index in [0.717, 1.165) is 12.6 Å². The molecular formula is C15H26N2S. The summed E-state index contributed by atoms with van der Waals surface area (Å²) in [6.45, 7) is 10.4. The molecule has 0 bridgehead atoms. The predicted octanol–water partition coefficient (Wildman–Crippen LogP) is 3.14. The molecule has 1 unspecified atom stereocenters. The van der Waals surface area contributed by atoms with Gasteiger partial charge in [0.15, 0.2) is 0 Å². The average molecular weight is 266 g/mol. The third kappa shape index (κ3) is 3.81. The molecule has 0 amide bonds. The monoisotopic (exact) mass is 266 g/mol. The number of nitrogens with one attached hydrogen (secondary N) is 1. The van der Waals surface area contributed by atoms with Gasteiger partial charge in [-0.3, -0.25) is 4.90 Å². The zero-order valence-corrected chi connectivity index (χ0v) is 12.7. The summed E-state index contributed by atoms with van der Waals surface area (Å²) in [6.07, 6.45) is 3.80. The van der Waals surface area contributed by atoms with Crippen molar-refractivity contribution in [3.63, 3.8) is 0 Å². The second-order valence-electron chi connectivity index (χ2n) is 6.01. The summed E-state index contributed by atoms with van der Waals surface area (Å²) < 4.78 is 0. The molecule has 1 aromatic heterocycles. The summed E-state index contributed by atoms with van der Waals surface area (Å²) in [6, 6.07) is 5.14. The molecule has 18 heavy (non-hydrogen) atoms. The van der Waals surface area contributed by atoms with Gasteiger partial charge >= 0.3 is 0 Å². The summed E-state index contributed by atoms with van der Waals surface area (Å²) in [4.78, 5) is 4.21. The Labute approximate surface area is 115 Å². The molecule has 1 aliphatic heterocycles. The van der Waals surface area contributed by atoms with Crippen LogP contribution in [-0.2, 0) is 6.42 Å². The molecule has 3 heteroatoms. The fourth-order valence-electron chi connectivity index (χ4n) is 2.80. The summed E-state index contributed by atoms with van der Waals surface area (Å²) in [5, 5.41) is 5.86. The first kappa shape index (κ1) is 14.0. The molecule has 1 atom stereocenters. The quantitative estimate of drug-likeness (QED) is 0.881. The van der Waals surface area contributed by atoms with E-state index in [0.29, 0.717) is 0 Å². The normalized spacial score (nSPS) is 24.3. The van der Waals surface area contributed by atoms with Crippen molar-refractivity contribution >= 4 is 11.3 Å². The molecule has 2 heterocycles. The molecule has 0 saturated carbocycles. The Kier molecular flexibility index (Phi) is 4.82. The summed E-state index contributed by atoms with van der Waals surface area (Å²) in [5.74, 6) is 0. The van der Waals surface area contributed by atoms with E-state index in [1.54, 1.807) is 0 Å². The van der Waals surface area contributed by atoms with Crippen LogP contribution in [0.1, 0.15) is 38.5 Å². The molecule has 1 fully saturated rings. The summed E-state index contributed by atoms with van der Waals surface area (Å²) >= 11 is 1.88. The first-order chi connectivity index (χ1) is 8.61. The van der Waals surface area contributed by atoms with E-state index in [-0.39, 0.29) is 5.54 Å². The van der Waals surface area contributed by atoms with Gasteiger partial charge < -0.3 is 5.32 Å². The Balaban J connectivity index is 1.92. The van der Waals surface area contributed by atoms with Crippen LogP contribution in [0, 0.1) is 0 Å². The van der Waals surface area contributed by atoms with Crippen LogP contribution in [0.15, 0.2) is 17.5 Å². The lowest BCUT2D eigenvalue weighted by molar-refractivity contribution is 0.0909. The van der Waals surface area contributed by atoms with Crippen LogP contribution in [0.5, 0.6) is 0 Å². The standard InChI is InChI=1S/C15H26N2S/c1-4-6-13-11-16-15(2,3)12-17(13)9-8-14-7-5-10-18-14/h5,7,10,13,16H,4,6,8-9,11-12H2,1-3H3. The van der Waals surface area contributed by atoms with Crippen molar-refractivity contribution in [2.24, 2.45) is 0 Å². The Morgan fingerprint density at radius 3 is 3.00 bits per heavy atom. The zero-order valence-electron chi connectivity index (χ0n) is 11.9. The molecule has 2 rings (SSSR count). The van der Waals surface area contributed by atoms with Gasteiger partial charge in [0.25, 0.3) is 0 Å². The molecule has 2 nitrogen and oxygen atoms in total. The molecule has 102 valence electrons. The van der Waals surface area contributed by atoms with E-state index in [9.17, 15) is 0 Å². The van der Waals surface area contributed by atoms with Gasteiger partial charge in [-0.2, -0.15) is 0 Å². The van der Waals surface area contributed by atoms with Crippen LogP contribution in [-0.4, -0.2) is 36.1 Å². The Hall–Kier alpha value is -0.380. The lowest BCUT2D eigenvalue weighted by Gasteiger charge is -2.44. The van der Waals surface area contributed by atoms with Gasteiger partial charge in [0.2, 0.25) is 0 Å². The molecule has 0 spiro atoms. The van der Waals surface area contributed by atoms with Crippen molar-refractivity contribution < 1.29 is 0 Å². The number of hydrogen-bond donors (Lipinski definition) is 1. The highest BCUT2D eigenvalue weighted by Crippen LogP contribution is 2.19. The first-order valence-corrected chi connectivity index (χ1v) is 8.00. The van der Waals surface area contributed by atoms with Gasteiger partial charge in [0.1, 0.15) is 0 Å². The molecule has 1 aliphatic rings. The predicted molar refractivity (Wildman–Crippen MR) is 80.4 cm³/mol. The SMILES string of the molecule is CCCC1CNC(C)(C)CN1CCc1cccs1. The fraction of sp³-hybridized carbons (Fsp3) is 0.733. The fourth-order valence-corrected chi connectivity index (χ4v) is 3.50. The molecule has 0 aromatic carbocycles. The van der Waals surface area contributed by atoms with Crippen LogP contribution in [0.2, 0.25) is 0 Å². The van der Waals surface area contributed by atoms with E-state index in [4.69, 9.17) is 0 Å². The number of hydrogen-bond acceptors (Lipinski definition) is 3. The van der Waals surface area contributed by atoms with Crippen LogP contribution in [0.25, 0.3) is 0 Å². The van der Waals surface area contributed by atoms with E-state index in [2.05, 4.69) is 48.5 Å². The van der Waals surface area contributed by atoms with Crippen molar-refractivity contribution in [2.45, 2.75) is 51.6 Å². The molecule has 0 radical (unpaired) electrons. The second kappa shape index (κ2) is 6.18. The smallest absolute Gasteiger partial charge is 0.0252 e. The van der Waals surface area contributed by atoms with Crippen LogP contribution >= 0.6 is 11.3 Å². The number of nitrogens with zero attached hydrogens (tertiary/aromatic N) is 1. The van der Waals surface area contributed by atoms with Crippen LogP contribution < -0.4 is 5.32 Å². The van der Waals surface area contributed by atoms with Crippen molar-refractivity contribution in [1.29, 1.82) is 0 Å². The van der Waals surface area contributed by atoms with Crippen molar-refractivity contribution in [3.8, 4) is 0 Å². The topological polar surface area (TPSA) is 15.3 Å². The Bertz CT molecular complexity index is 345. The minimum absolute atomic E-state index is 0.264. The van der Waals surface area contributed by atoms with E-state index in [1.165, 1.54) is 37.2 Å². The average Bonchev–Trinajstić information content (AvgIpc) is 2.82. The third-order valence-corrected chi connectivity index (χ3v) is 4.71. The number of rotatable bonds is 5. The molecular weight excluding hydrogens is 240 g/mol. The van der Waals surface area contributed by atoms with E-state index >= 15 is 0 Å². The molecule has 1 saturated heterocycles. The maximum atomic E-state index is 3.68. The van der Waals surface area contributed by atoms with Gasteiger partial charge in [-0.15, -0.1) is 11.3 Å². The largest absolute Gasteiger partial charge is 0.309 e. The van der Waals surface area contributed by atoms with Gasteiger partial charge in [-0.05, 0) is 38.1 Å². The molecule has 1 aromatic rings. The summed E-state index contributed by atoms with van der Waals surface area (Å²) in [5.41, 5.74) is 0.264. The van der Waals surface area contributed by atoms with Crippen LogP contribution in [0.3, 0.4) is 0 Å². The van der Waals surface area contributed by atoms with Gasteiger partial charge in [0.05, 0.1) is 0 Å². The lowest BCUT2D eigenvalue weighted by atomic mass is 9.96. The van der Waals surface area contributed by atoms with E-state index < -0.39 is 0 Å². The van der Waals surface area contributed by atoms with Gasteiger partial charge in [0, 0.05) is 36.1 Å².